The fourth-order valence-electron chi connectivity index (χ4n) is 5.08. The molecule has 8 heteroatoms. The van der Waals surface area contributed by atoms with Crippen molar-refractivity contribution in [1.29, 1.82) is 0 Å². The summed E-state index contributed by atoms with van der Waals surface area (Å²) in [6, 6.07) is 7.58. The van der Waals surface area contributed by atoms with E-state index in [1.54, 1.807) is 6.33 Å². The van der Waals surface area contributed by atoms with Gasteiger partial charge in [0.15, 0.2) is 0 Å². The lowest BCUT2D eigenvalue weighted by molar-refractivity contribution is -0.111. The second-order valence-electron chi connectivity index (χ2n) is 10.8. The number of benzene rings is 1. The molecule has 4 atom stereocenters. The molecule has 2 heterocycles. The van der Waals surface area contributed by atoms with Gasteiger partial charge in [-0.05, 0) is 35.4 Å². The molecule has 2 aliphatic rings. The number of aliphatic hydroxyl groups excluding tert-OH is 1. The lowest BCUT2D eigenvalue weighted by atomic mass is 9.93. The van der Waals surface area contributed by atoms with Crippen molar-refractivity contribution in [3.05, 3.63) is 52.4 Å². The molecule has 0 spiro atoms. The number of aliphatic hydroxyl groups is 1. The van der Waals surface area contributed by atoms with E-state index in [-0.39, 0.29) is 23.4 Å². The molecule has 7 nitrogen and oxygen atoms in total. The third-order valence-corrected chi connectivity index (χ3v) is 7.12. The van der Waals surface area contributed by atoms with Crippen molar-refractivity contribution in [2.24, 2.45) is 5.41 Å². The van der Waals surface area contributed by atoms with Crippen molar-refractivity contribution in [2.75, 3.05) is 37.6 Å². The molecule has 0 bridgehead atoms. The van der Waals surface area contributed by atoms with Gasteiger partial charge in [0.2, 0.25) is 0 Å². The molecule has 0 saturated carbocycles. The van der Waals surface area contributed by atoms with Crippen LogP contribution in [0.4, 0.5) is 5.82 Å². The van der Waals surface area contributed by atoms with Crippen LogP contribution in [0, 0.1) is 5.41 Å². The SMILES string of the molecule is C[C@@H]1C[C@@H](O)c2ncnc(N3CCN(C(NCC(C)(C)C)C(C=O)c4ccc(Cl)cc4)CC3)c21. The lowest BCUT2D eigenvalue weighted by Gasteiger charge is -2.43. The molecule has 1 aliphatic heterocycles. The summed E-state index contributed by atoms with van der Waals surface area (Å²) in [4.78, 5) is 26.0. The zero-order valence-electron chi connectivity index (χ0n) is 20.5. The average Bonchev–Trinajstić information content (AvgIpc) is 3.11. The normalized spacial score (nSPS) is 22.9. The maximum absolute atomic E-state index is 12.3. The maximum atomic E-state index is 12.3. The zero-order chi connectivity index (χ0) is 24.5. The number of nitrogens with one attached hydrogen (secondary N) is 1. The molecule has 2 N–H and O–H groups in total. The first kappa shape index (κ1) is 25.0. The van der Waals surface area contributed by atoms with E-state index in [1.165, 1.54) is 0 Å². The smallest absolute Gasteiger partial charge is 0.135 e. The Hall–Kier alpha value is -2.06. The van der Waals surface area contributed by atoms with Gasteiger partial charge in [-0.15, -0.1) is 0 Å². The van der Waals surface area contributed by atoms with E-state index in [0.717, 1.165) is 61.6 Å². The molecule has 0 amide bonds. The van der Waals surface area contributed by atoms with E-state index in [0.29, 0.717) is 11.4 Å². The fourth-order valence-corrected chi connectivity index (χ4v) is 5.21. The zero-order valence-corrected chi connectivity index (χ0v) is 21.3. The van der Waals surface area contributed by atoms with Gasteiger partial charge in [0.05, 0.1) is 23.9 Å². The molecule has 2 unspecified atom stereocenters. The fraction of sp³-hybridized carbons (Fsp3) is 0.577. The standard InChI is InChI=1S/C26H36ClN5O2/c1-17-13-21(34)23-22(17)25(30-16-29-23)32-11-9-31(10-12-32)24(28-15-26(2,3)4)20(14-33)18-5-7-19(27)8-6-18/h5-8,14,16-17,20-21,24,28,34H,9-13,15H2,1-4H3/t17-,20?,21-,24?/m1/s1. The van der Waals surface area contributed by atoms with E-state index in [2.05, 4.69) is 52.8 Å². The summed E-state index contributed by atoms with van der Waals surface area (Å²) in [6.07, 6.45) is 2.69. The van der Waals surface area contributed by atoms with Gasteiger partial charge in [-0.25, -0.2) is 9.97 Å². The summed E-state index contributed by atoms with van der Waals surface area (Å²) in [5.41, 5.74) is 2.90. The molecule has 1 aliphatic carbocycles. The van der Waals surface area contributed by atoms with Crippen LogP contribution < -0.4 is 10.2 Å². The van der Waals surface area contributed by atoms with E-state index in [9.17, 15) is 9.90 Å². The predicted octanol–water partition coefficient (Wildman–Crippen LogP) is 3.74. The Morgan fingerprint density at radius 2 is 1.85 bits per heavy atom. The Morgan fingerprint density at radius 1 is 1.18 bits per heavy atom. The first-order valence-corrected chi connectivity index (χ1v) is 12.5. The third-order valence-electron chi connectivity index (χ3n) is 6.87. The van der Waals surface area contributed by atoms with Gasteiger partial charge < -0.3 is 20.1 Å². The van der Waals surface area contributed by atoms with Gasteiger partial charge in [0.25, 0.3) is 0 Å². The Morgan fingerprint density at radius 3 is 2.47 bits per heavy atom. The van der Waals surface area contributed by atoms with Crippen LogP contribution in [0.3, 0.4) is 0 Å². The Balaban J connectivity index is 1.53. The van der Waals surface area contributed by atoms with Gasteiger partial charge in [-0.3, -0.25) is 4.90 Å². The topological polar surface area (TPSA) is 81.6 Å². The van der Waals surface area contributed by atoms with Crippen molar-refractivity contribution in [1.82, 2.24) is 20.2 Å². The molecular formula is C26H36ClN5O2. The first-order chi connectivity index (χ1) is 16.2. The van der Waals surface area contributed by atoms with Crippen molar-refractivity contribution in [3.8, 4) is 0 Å². The minimum atomic E-state index is -0.508. The highest BCUT2D eigenvalue weighted by Gasteiger charge is 2.36. The highest BCUT2D eigenvalue weighted by molar-refractivity contribution is 6.30. The van der Waals surface area contributed by atoms with Crippen LogP contribution in [0.2, 0.25) is 5.02 Å². The van der Waals surface area contributed by atoms with Crippen molar-refractivity contribution in [2.45, 2.75) is 58.2 Å². The molecular weight excluding hydrogens is 450 g/mol. The summed E-state index contributed by atoms with van der Waals surface area (Å²) in [7, 11) is 0. The van der Waals surface area contributed by atoms with Crippen LogP contribution in [-0.4, -0.2) is 65.2 Å². The summed E-state index contributed by atoms with van der Waals surface area (Å²) < 4.78 is 0. The number of anilines is 1. The van der Waals surface area contributed by atoms with Gasteiger partial charge >= 0.3 is 0 Å². The number of rotatable bonds is 7. The highest BCUT2D eigenvalue weighted by Crippen LogP contribution is 2.42. The monoisotopic (exact) mass is 485 g/mol. The number of carbonyl (C=O) groups excluding carboxylic acids is 1. The number of fused-ring (bicyclic) bond motifs is 1. The second kappa shape index (κ2) is 10.3. The molecule has 2 aromatic rings. The molecule has 184 valence electrons. The van der Waals surface area contributed by atoms with Gasteiger partial charge in [0, 0.05) is 43.3 Å². The second-order valence-corrected chi connectivity index (χ2v) is 11.2. The number of piperazine rings is 1. The largest absolute Gasteiger partial charge is 0.387 e. The number of hydrogen-bond acceptors (Lipinski definition) is 7. The maximum Gasteiger partial charge on any atom is 0.135 e. The molecule has 1 fully saturated rings. The Kier molecular flexibility index (Phi) is 7.57. The first-order valence-electron chi connectivity index (χ1n) is 12.1. The predicted molar refractivity (Wildman–Crippen MR) is 135 cm³/mol. The number of aromatic nitrogens is 2. The highest BCUT2D eigenvalue weighted by atomic mass is 35.5. The summed E-state index contributed by atoms with van der Waals surface area (Å²) in [5, 5.41) is 14.7. The molecule has 4 rings (SSSR count). The lowest BCUT2D eigenvalue weighted by Crippen LogP contribution is -2.58. The van der Waals surface area contributed by atoms with Crippen LogP contribution in [0.25, 0.3) is 0 Å². The number of halogens is 1. The summed E-state index contributed by atoms with van der Waals surface area (Å²) in [6.45, 7) is 12.7. The molecule has 1 saturated heterocycles. The van der Waals surface area contributed by atoms with Crippen molar-refractivity contribution < 1.29 is 9.90 Å². The number of aldehydes is 1. The Bertz CT molecular complexity index is 986. The van der Waals surface area contributed by atoms with E-state index >= 15 is 0 Å². The van der Waals surface area contributed by atoms with E-state index in [4.69, 9.17) is 11.6 Å². The van der Waals surface area contributed by atoms with Gasteiger partial charge in [-0.1, -0.05) is 51.4 Å². The van der Waals surface area contributed by atoms with Crippen LogP contribution in [0.15, 0.2) is 30.6 Å². The minimum absolute atomic E-state index is 0.0893. The van der Waals surface area contributed by atoms with Crippen molar-refractivity contribution >= 4 is 23.7 Å². The third kappa shape index (κ3) is 5.43. The van der Waals surface area contributed by atoms with Gasteiger partial charge in [-0.2, -0.15) is 0 Å². The molecule has 1 aromatic carbocycles. The molecule has 1 aromatic heterocycles. The quantitative estimate of drug-likeness (QED) is 0.578. The van der Waals surface area contributed by atoms with Crippen LogP contribution in [0.1, 0.15) is 68.9 Å². The van der Waals surface area contributed by atoms with Crippen LogP contribution in [0.5, 0.6) is 0 Å². The molecule has 34 heavy (non-hydrogen) atoms. The van der Waals surface area contributed by atoms with Gasteiger partial charge in [0.1, 0.15) is 18.4 Å². The summed E-state index contributed by atoms with van der Waals surface area (Å²) in [5.74, 6) is 0.881. The van der Waals surface area contributed by atoms with E-state index < -0.39 is 6.10 Å². The van der Waals surface area contributed by atoms with Crippen molar-refractivity contribution in [3.63, 3.8) is 0 Å². The minimum Gasteiger partial charge on any atom is -0.387 e. The number of nitrogens with zero attached hydrogens (tertiary/aromatic N) is 4. The Labute approximate surface area is 207 Å². The molecule has 0 radical (unpaired) electrons. The average molecular weight is 486 g/mol. The van der Waals surface area contributed by atoms with Crippen LogP contribution in [-0.2, 0) is 4.79 Å². The van der Waals surface area contributed by atoms with E-state index in [1.807, 2.05) is 24.3 Å². The summed E-state index contributed by atoms with van der Waals surface area (Å²) >= 11 is 6.10. The number of hydrogen-bond donors (Lipinski definition) is 2. The van der Waals surface area contributed by atoms with Crippen LogP contribution >= 0.6 is 11.6 Å². The number of carbonyl (C=O) groups is 1.